The van der Waals surface area contributed by atoms with E-state index in [-0.39, 0.29) is 0 Å². The molecule has 8 nitrogen and oxygen atoms in total. The minimum absolute atomic E-state index is 0.812. The Balaban J connectivity index is 0.544. The minimum atomic E-state index is 0.812. The normalized spacial score (nSPS) is 12.0. The van der Waals surface area contributed by atoms with Gasteiger partial charge in [-0.3, -0.25) is 0 Å². The maximum atomic E-state index is 6.92. The summed E-state index contributed by atoms with van der Waals surface area (Å²) in [5, 5.41) is 13.3. The highest BCUT2D eigenvalue weighted by Gasteiger charge is 2.26. The predicted molar refractivity (Wildman–Crippen MR) is 481 cm³/mol. The van der Waals surface area contributed by atoms with Crippen molar-refractivity contribution in [3.05, 3.63) is 400 Å². The average Bonchev–Trinajstić information content (AvgIpc) is 1.57. The second kappa shape index (κ2) is 26.0. The average molecular weight is 1480 g/mol. The summed E-state index contributed by atoms with van der Waals surface area (Å²) < 4.78 is 31.9. The van der Waals surface area contributed by atoms with Crippen molar-refractivity contribution < 1.29 is 17.7 Å². The van der Waals surface area contributed by atoms with E-state index >= 15 is 0 Å². The van der Waals surface area contributed by atoms with Gasteiger partial charge in [0.05, 0.1) is 33.1 Å². The van der Waals surface area contributed by atoms with Gasteiger partial charge in [0, 0.05) is 116 Å². The maximum Gasteiger partial charge on any atom is 0.143 e. The highest BCUT2D eigenvalue weighted by molar-refractivity contribution is 6.18. The topological polar surface area (TPSA) is 68.9 Å². The first kappa shape index (κ1) is 65.1. The Bertz CT molecular complexity index is 8060. The lowest BCUT2D eigenvalue weighted by Gasteiger charge is -2.26. The third-order valence-electron chi connectivity index (χ3n) is 23.7. The van der Waals surface area contributed by atoms with Gasteiger partial charge < -0.3 is 36.6 Å². The van der Waals surface area contributed by atoms with Crippen LogP contribution in [0.4, 0.5) is 34.1 Å². The highest BCUT2D eigenvalue weighted by Crippen LogP contribution is 2.49. The number of hydrogen-bond donors (Lipinski definition) is 0. The number of nitrogens with zero attached hydrogens (tertiary/aromatic N) is 4. The largest absolute Gasteiger partial charge is 0.456 e. The summed E-state index contributed by atoms with van der Waals surface area (Å²) in [6.45, 7) is 0. The molecule has 0 aliphatic rings. The van der Waals surface area contributed by atoms with Crippen LogP contribution in [0.25, 0.3) is 198 Å². The zero-order valence-corrected chi connectivity index (χ0v) is 62.5. The minimum Gasteiger partial charge on any atom is -0.456 e. The second-order valence-corrected chi connectivity index (χ2v) is 30.2. The molecule has 0 atom stereocenters. The van der Waals surface area contributed by atoms with Gasteiger partial charge in [-0.15, -0.1) is 0 Å². The molecule has 0 radical (unpaired) electrons. The quantitative estimate of drug-likeness (QED) is 0.115. The predicted octanol–water partition coefficient (Wildman–Crippen LogP) is 30.8. The second-order valence-electron chi connectivity index (χ2n) is 30.2. The van der Waals surface area contributed by atoms with Gasteiger partial charge in [-0.2, -0.15) is 0 Å². The molecule has 542 valence electrons. The molecular weight excluding hydrogens is 1420 g/mol. The first-order valence-electron chi connectivity index (χ1n) is 39.4. The molecule has 8 heteroatoms. The number of aromatic nitrogens is 2. The summed E-state index contributed by atoms with van der Waals surface area (Å²) in [4.78, 5) is 4.63. The Morgan fingerprint density at radius 1 is 0.181 bits per heavy atom. The van der Waals surface area contributed by atoms with Gasteiger partial charge in [-0.25, -0.2) is 0 Å². The molecule has 0 bridgehead atoms. The number of para-hydroxylation sites is 7. The van der Waals surface area contributed by atoms with Crippen molar-refractivity contribution in [2.24, 2.45) is 0 Å². The van der Waals surface area contributed by atoms with Gasteiger partial charge in [0.15, 0.2) is 0 Å². The van der Waals surface area contributed by atoms with Gasteiger partial charge in [-0.1, -0.05) is 231 Å². The molecule has 0 aliphatic carbocycles. The lowest BCUT2D eigenvalue weighted by atomic mass is 9.98. The molecule has 0 N–H and O–H groups in total. The lowest BCUT2D eigenvalue weighted by molar-refractivity contribution is 0.668. The Morgan fingerprint density at radius 2 is 0.543 bits per heavy atom. The van der Waals surface area contributed by atoms with E-state index in [2.05, 4.69) is 395 Å². The van der Waals surface area contributed by atoms with Crippen molar-refractivity contribution >= 4 is 165 Å². The molecular formula is C108H66N4O4. The van der Waals surface area contributed by atoms with Gasteiger partial charge >= 0.3 is 0 Å². The Hall–Kier alpha value is -15.6. The molecule has 0 amide bonds. The van der Waals surface area contributed by atoms with Crippen LogP contribution < -0.4 is 9.80 Å². The SMILES string of the molecule is c1ccc(-c2ccc3c(c2)c2ccccc2n3-c2cc(-c3ccc(N(c4ccccc4)c4ccc5c(c4)oc4cc(-c6ccc(-c7ccc8c(c7)c7ccccc7n8-c7cc(-c8ccc(N(c9ccccc9)c9cccc%10oc%11ccccc%11c9%10)cc8)c8oc9ccccc9c8c7)cc6)ccc45)cc3)c3oc4ccccc4c3c2)cc1. The van der Waals surface area contributed by atoms with Crippen molar-refractivity contribution in [3.63, 3.8) is 0 Å². The van der Waals surface area contributed by atoms with Crippen LogP contribution in [-0.4, -0.2) is 9.13 Å². The van der Waals surface area contributed by atoms with E-state index in [9.17, 15) is 0 Å². The number of anilines is 6. The molecule has 6 heterocycles. The van der Waals surface area contributed by atoms with Crippen LogP contribution in [0, 0.1) is 0 Å². The van der Waals surface area contributed by atoms with Crippen LogP contribution in [0.15, 0.2) is 418 Å². The van der Waals surface area contributed by atoms with Crippen LogP contribution >= 0.6 is 0 Å². The lowest BCUT2D eigenvalue weighted by Crippen LogP contribution is -2.10. The van der Waals surface area contributed by atoms with Gasteiger partial charge in [0.25, 0.3) is 0 Å². The summed E-state index contributed by atoms with van der Waals surface area (Å²) in [5.74, 6) is 0. The van der Waals surface area contributed by atoms with Crippen LogP contribution in [0.5, 0.6) is 0 Å². The van der Waals surface area contributed by atoms with E-state index in [1.165, 1.54) is 32.7 Å². The third-order valence-corrected chi connectivity index (χ3v) is 23.7. The summed E-state index contributed by atoms with van der Waals surface area (Å²) >= 11 is 0. The molecule has 6 aromatic heterocycles. The van der Waals surface area contributed by atoms with Crippen LogP contribution in [0.2, 0.25) is 0 Å². The molecule has 0 unspecified atom stereocenters. The van der Waals surface area contributed by atoms with Gasteiger partial charge in [0.1, 0.15) is 44.7 Å². The van der Waals surface area contributed by atoms with E-state index in [0.29, 0.717) is 0 Å². The first-order chi connectivity index (χ1) is 57.5. The van der Waals surface area contributed by atoms with Crippen LogP contribution in [0.1, 0.15) is 0 Å². The highest BCUT2D eigenvalue weighted by atomic mass is 16.3. The fourth-order valence-corrected chi connectivity index (χ4v) is 18.3. The summed E-state index contributed by atoms with van der Waals surface area (Å²) in [7, 11) is 0. The van der Waals surface area contributed by atoms with Gasteiger partial charge in [-0.05, 0) is 208 Å². The van der Waals surface area contributed by atoms with E-state index in [0.717, 1.165) is 200 Å². The fourth-order valence-electron chi connectivity index (χ4n) is 18.3. The smallest absolute Gasteiger partial charge is 0.143 e. The molecule has 24 rings (SSSR count). The first-order valence-corrected chi connectivity index (χ1v) is 39.4. The monoisotopic (exact) mass is 1480 g/mol. The van der Waals surface area contributed by atoms with E-state index in [4.69, 9.17) is 17.7 Å². The molecule has 0 spiro atoms. The zero-order chi connectivity index (χ0) is 76.1. The molecule has 0 saturated carbocycles. The Kier molecular flexibility index (Phi) is 14.6. The van der Waals surface area contributed by atoms with E-state index in [1.807, 2.05) is 24.3 Å². The van der Waals surface area contributed by atoms with Crippen molar-refractivity contribution in [2.75, 3.05) is 9.80 Å². The van der Waals surface area contributed by atoms with E-state index < -0.39 is 0 Å². The fraction of sp³-hybridized carbons (Fsp3) is 0. The number of fused-ring (bicyclic) bond motifs is 18. The van der Waals surface area contributed by atoms with Crippen molar-refractivity contribution in [3.8, 4) is 67.0 Å². The number of furan rings is 4. The molecule has 116 heavy (non-hydrogen) atoms. The van der Waals surface area contributed by atoms with Crippen molar-refractivity contribution in [1.29, 1.82) is 0 Å². The molecule has 0 aliphatic heterocycles. The molecule has 0 fully saturated rings. The number of hydrogen-bond acceptors (Lipinski definition) is 6. The maximum absolute atomic E-state index is 6.92. The van der Waals surface area contributed by atoms with Crippen molar-refractivity contribution in [2.45, 2.75) is 0 Å². The zero-order valence-electron chi connectivity index (χ0n) is 62.5. The third kappa shape index (κ3) is 10.4. The number of benzene rings is 18. The molecule has 18 aromatic carbocycles. The summed E-state index contributed by atoms with van der Waals surface area (Å²) in [6.07, 6.45) is 0. The Morgan fingerprint density at radius 3 is 1.09 bits per heavy atom. The van der Waals surface area contributed by atoms with Gasteiger partial charge in [0.2, 0.25) is 0 Å². The molecule has 0 saturated heterocycles. The van der Waals surface area contributed by atoms with Crippen molar-refractivity contribution in [1.82, 2.24) is 9.13 Å². The number of rotatable bonds is 13. The standard InChI is InChI=1S/C108H66N4O4/c1-4-21-67(22-5-1)72-48-57-97-91(59-72)82-27-10-15-32-95(82)111(97)80-62-89(107-93(64-80)84-29-12-17-35-100(84)115-107)70-43-50-77(51-44-70)109(75-23-6-2-7-24-75)79-54-56-87-86-55-47-74(61-104(86)114-105(87)66-79)69-41-39-68(40-42-69)73-49-58-98-92(60-73)83-28-11-16-33-96(83)112(98)81-63-90(108-94(65-81)85-30-13-18-36-101(85)116-108)71-45-52-78(53-46-71)110(76-25-8-3-9-26-76)99-34-20-38-103-106(99)88-31-14-19-37-102(88)113-103/h1-66H. The summed E-state index contributed by atoms with van der Waals surface area (Å²) in [6, 6.07) is 144. The van der Waals surface area contributed by atoms with Crippen LogP contribution in [-0.2, 0) is 0 Å². The molecule has 24 aromatic rings. The van der Waals surface area contributed by atoms with Crippen LogP contribution in [0.3, 0.4) is 0 Å². The summed E-state index contributed by atoms with van der Waals surface area (Å²) in [5.41, 5.74) is 30.5. The van der Waals surface area contributed by atoms with E-state index in [1.54, 1.807) is 0 Å². The Labute approximate surface area is 665 Å².